The Bertz CT molecular complexity index is 1020. The van der Waals surface area contributed by atoms with Gasteiger partial charge < -0.3 is 15.0 Å². The van der Waals surface area contributed by atoms with Crippen molar-refractivity contribution >= 4 is 23.2 Å². The highest BCUT2D eigenvalue weighted by Gasteiger charge is 2.34. The lowest BCUT2D eigenvalue weighted by atomic mass is 10.2. The van der Waals surface area contributed by atoms with Gasteiger partial charge in [0, 0.05) is 19.2 Å². The highest BCUT2D eigenvalue weighted by molar-refractivity contribution is 5.97. The lowest BCUT2D eigenvalue weighted by molar-refractivity contribution is -0.141. The van der Waals surface area contributed by atoms with Crippen molar-refractivity contribution in [2.24, 2.45) is 0 Å². The van der Waals surface area contributed by atoms with E-state index >= 15 is 0 Å². The second-order valence-corrected chi connectivity index (χ2v) is 6.08. The summed E-state index contributed by atoms with van der Waals surface area (Å²) in [4.78, 5) is 20.9. The van der Waals surface area contributed by atoms with Crippen molar-refractivity contribution in [3.63, 3.8) is 0 Å². The number of nitrogens with one attached hydrogen (secondary N) is 1. The molecule has 0 aliphatic carbocycles. The number of benzene rings is 1. The van der Waals surface area contributed by atoms with Gasteiger partial charge in [-0.15, -0.1) is 0 Å². The molecule has 0 saturated heterocycles. The van der Waals surface area contributed by atoms with Gasteiger partial charge in [0.05, 0.1) is 5.69 Å². The molecule has 1 aliphatic heterocycles. The first-order chi connectivity index (χ1) is 13.4. The van der Waals surface area contributed by atoms with Gasteiger partial charge in [-0.1, -0.05) is 12.1 Å². The predicted molar refractivity (Wildman–Crippen MR) is 93.2 cm³/mol. The van der Waals surface area contributed by atoms with Crippen LogP contribution in [0.5, 0.6) is 5.75 Å². The van der Waals surface area contributed by atoms with Crippen LogP contribution in [0.3, 0.4) is 0 Å². The summed E-state index contributed by atoms with van der Waals surface area (Å²) in [6.45, 7) is 0.677. The van der Waals surface area contributed by atoms with Crippen molar-refractivity contribution in [1.82, 2.24) is 19.6 Å². The minimum Gasteiger partial charge on any atom is -0.482 e. The van der Waals surface area contributed by atoms with Crippen molar-refractivity contribution < 1.29 is 22.7 Å². The third kappa shape index (κ3) is 3.42. The van der Waals surface area contributed by atoms with Crippen LogP contribution < -0.4 is 15.0 Å². The third-order valence-electron chi connectivity index (χ3n) is 4.22. The fourth-order valence-electron chi connectivity index (χ4n) is 2.94. The number of rotatable bonds is 5. The molecular weight excluding hydrogens is 377 g/mol. The standard InChI is InChI=1S/C17H15F3N6O2/c18-17(19,20)13-8-14(26-16(24-13)22-10-23-26)21-6-3-7-25-11-4-1-2-5-12(11)28-9-15(25)27/h1-2,4-5,8,10,21H,3,6-7,9H2. The van der Waals surface area contributed by atoms with Crippen molar-refractivity contribution in [3.8, 4) is 5.75 Å². The molecule has 1 N–H and O–H groups in total. The molecule has 1 aromatic carbocycles. The molecule has 0 fully saturated rings. The van der Waals surface area contributed by atoms with Crippen molar-refractivity contribution in [2.75, 3.05) is 29.9 Å². The van der Waals surface area contributed by atoms with Gasteiger partial charge in [0.2, 0.25) is 0 Å². The van der Waals surface area contributed by atoms with Crippen molar-refractivity contribution in [3.05, 3.63) is 42.4 Å². The Balaban J connectivity index is 1.45. The molecule has 4 rings (SSSR count). The zero-order valence-electron chi connectivity index (χ0n) is 14.5. The van der Waals surface area contributed by atoms with E-state index in [-0.39, 0.29) is 24.1 Å². The van der Waals surface area contributed by atoms with E-state index in [0.717, 1.165) is 12.4 Å². The van der Waals surface area contributed by atoms with Crippen LogP contribution in [0.15, 0.2) is 36.7 Å². The Labute approximate surface area is 156 Å². The quantitative estimate of drug-likeness (QED) is 0.671. The molecule has 1 aliphatic rings. The second kappa shape index (κ2) is 6.98. The van der Waals surface area contributed by atoms with Crippen molar-refractivity contribution in [1.29, 1.82) is 0 Å². The van der Waals surface area contributed by atoms with Crippen LogP contribution in [0.25, 0.3) is 5.78 Å². The van der Waals surface area contributed by atoms with Gasteiger partial charge in [-0.2, -0.15) is 27.8 Å². The first-order valence-electron chi connectivity index (χ1n) is 8.47. The van der Waals surface area contributed by atoms with Crippen molar-refractivity contribution in [2.45, 2.75) is 12.6 Å². The number of fused-ring (bicyclic) bond motifs is 2. The molecule has 0 atom stereocenters. The molecule has 0 saturated carbocycles. The number of ether oxygens (including phenoxy) is 1. The Morgan fingerprint density at radius 3 is 2.89 bits per heavy atom. The third-order valence-corrected chi connectivity index (χ3v) is 4.22. The van der Waals surface area contributed by atoms with E-state index in [1.165, 1.54) is 4.52 Å². The Morgan fingerprint density at radius 2 is 2.07 bits per heavy atom. The summed E-state index contributed by atoms with van der Waals surface area (Å²) >= 11 is 0. The molecule has 28 heavy (non-hydrogen) atoms. The van der Waals surface area contributed by atoms with E-state index in [9.17, 15) is 18.0 Å². The molecule has 11 heteroatoms. The van der Waals surface area contributed by atoms with Crippen LogP contribution >= 0.6 is 0 Å². The average Bonchev–Trinajstić information content (AvgIpc) is 3.14. The minimum absolute atomic E-state index is 0.0384. The molecule has 8 nitrogen and oxygen atoms in total. The molecule has 0 spiro atoms. The molecule has 146 valence electrons. The maximum atomic E-state index is 13.0. The fraction of sp³-hybridized carbons (Fsp3) is 0.294. The van der Waals surface area contributed by atoms with Gasteiger partial charge in [-0.25, -0.2) is 4.98 Å². The largest absolute Gasteiger partial charge is 0.482 e. The van der Waals surface area contributed by atoms with Crippen LogP contribution in [0, 0.1) is 0 Å². The first-order valence-corrected chi connectivity index (χ1v) is 8.47. The molecule has 0 radical (unpaired) electrons. The zero-order valence-corrected chi connectivity index (χ0v) is 14.5. The first kappa shape index (κ1) is 18.0. The summed E-state index contributed by atoms with van der Waals surface area (Å²) in [5.74, 6) is 0.446. The Morgan fingerprint density at radius 1 is 1.25 bits per heavy atom. The lowest BCUT2D eigenvalue weighted by Crippen LogP contribution is -2.39. The number of amides is 1. The van der Waals surface area contributed by atoms with Crippen LogP contribution in [-0.4, -0.2) is 45.2 Å². The maximum absolute atomic E-state index is 13.0. The van der Waals surface area contributed by atoms with Gasteiger partial charge in [-0.05, 0) is 18.6 Å². The van der Waals surface area contributed by atoms with Crippen LogP contribution in [-0.2, 0) is 11.0 Å². The summed E-state index contributed by atoms with van der Waals surface area (Å²) in [6.07, 6.45) is -2.95. The van der Waals surface area contributed by atoms with E-state index in [4.69, 9.17) is 4.74 Å². The summed E-state index contributed by atoms with van der Waals surface area (Å²) in [6, 6.07) is 8.08. The Hall–Kier alpha value is -3.37. The number of hydrogen-bond donors (Lipinski definition) is 1. The van der Waals surface area contributed by atoms with Gasteiger partial charge in [0.15, 0.2) is 12.3 Å². The van der Waals surface area contributed by atoms with Crippen LogP contribution in [0.1, 0.15) is 12.1 Å². The molecule has 1 amide bonds. The maximum Gasteiger partial charge on any atom is 0.433 e. The van der Waals surface area contributed by atoms with Gasteiger partial charge >= 0.3 is 6.18 Å². The normalized spacial score (nSPS) is 14.1. The molecule has 3 aromatic rings. The topological polar surface area (TPSA) is 84.6 Å². The average molecular weight is 392 g/mol. The number of carbonyl (C=O) groups excluding carboxylic acids is 1. The number of carbonyl (C=O) groups is 1. The summed E-state index contributed by atoms with van der Waals surface area (Å²) < 4.78 is 45.6. The SMILES string of the molecule is O=C1COc2ccccc2N1CCCNc1cc(C(F)(F)F)nc2ncnn12. The molecule has 0 bridgehead atoms. The number of halogens is 3. The van der Waals surface area contributed by atoms with E-state index in [0.29, 0.717) is 30.9 Å². The lowest BCUT2D eigenvalue weighted by Gasteiger charge is -2.29. The molecule has 2 aromatic heterocycles. The number of aromatic nitrogens is 4. The van der Waals surface area contributed by atoms with Gasteiger partial charge in [0.1, 0.15) is 17.9 Å². The van der Waals surface area contributed by atoms with E-state index in [1.807, 2.05) is 12.1 Å². The molecule has 0 unspecified atom stereocenters. The monoisotopic (exact) mass is 392 g/mol. The second-order valence-electron chi connectivity index (χ2n) is 6.08. The van der Waals surface area contributed by atoms with E-state index in [1.54, 1.807) is 17.0 Å². The van der Waals surface area contributed by atoms with E-state index < -0.39 is 11.9 Å². The number of hydrogen-bond acceptors (Lipinski definition) is 6. The number of anilines is 2. The number of nitrogens with zero attached hydrogens (tertiary/aromatic N) is 5. The highest BCUT2D eigenvalue weighted by atomic mass is 19.4. The summed E-state index contributed by atoms with van der Waals surface area (Å²) in [7, 11) is 0. The molecular formula is C17H15F3N6O2. The van der Waals surface area contributed by atoms with Crippen LogP contribution in [0.4, 0.5) is 24.7 Å². The van der Waals surface area contributed by atoms with Gasteiger partial charge in [-0.3, -0.25) is 4.79 Å². The summed E-state index contributed by atoms with van der Waals surface area (Å²) in [5, 5.41) is 6.80. The minimum atomic E-state index is -4.59. The number of para-hydroxylation sites is 2. The fourth-order valence-corrected chi connectivity index (χ4v) is 2.94. The highest BCUT2D eigenvalue weighted by Crippen LogP contribution is 2.32. The van der Waals surface area contributed by atoms with E-state index in [2.05, 4.69) is 20.4 Å². The zero-order chi connectivity index (χ0) is 19.7. The molecule has 3 heterocycles. The number of alkyl halides is 3. The summed E-state index contributed by atoms with van der Waals surface area (Å²) in [5.41, 5.74) is -0.367. The van der Waals surface area contributed by atoms with Gasteiger partial charge in [0.25, 0.3) is 11.7 Å². The smallest absolute Gasteiger partial charge is 0.433 e. The van der Waals surface area contributed by atoms with Crippen LogP contribution in [0.2, 0.25) is 0 Å². The predicted octanol–water partition coefficient (Wildman–Crippen LogP) is 2.37. The Kier molecular flexibility index (Phi) is 4.49.